The minimum atomic E-state index is -4.23. The quantitative estimate of drug-likeness (QED) is 0.196. The molecule has 1 atom stereocenters. The van der Waals surface area contributed by atoms with Crippen molar-refractivity contribution in [3.05, 3.63) is 124 Å². The van der Waals surface area contributed by atoms with Gasteiger partial charge in [-0.25, -0.2) is 11.1 Å². The van der Waals surface area contributed by atoms with Crippen LogP contribution in [0.3, 0.4) is 0 Å². The second-order valence-electron chi connectivity index (χ2n) is 13.4. The Kier molecular flexibility index (Phi) is 13.4. The number of benzene rings is 3. The van der Waals surface area contributed by atoms with Crippen LogP contribution >= 0.6 is 0 Å². The Morgan fingerprint density at radius 3 is 1.47 bits per heavy atom. The Bertz CT molecular complexity index is 1760. The molecule has 4 aromatic rings. The average Bonchev–Trinajstić information content (AvgIpc) is 3.62. The van der Waals surface area contributed by atoms with Gasteiger partial charge < -0.3 is 24.8 Å². The number of rotatable bonds is 0. The van der Waals surface area contributed by atoms with Gasteiger partial charge in [0.15, 0.2) is 0 Å². The van der Waals surface area contributed by atoms with Crippen LogP contribution in [0.5, 0.6) is 0 Å². The third kappa shape index (κ3) is 8.62. The van der Waals surface area contributed by atoms with Crippen molar-refractivity contribution < 1.29 is 62.2 Å². The number of halogens is 5. The predicted octanol–water partition coefficient (Wildman–Crippen LogP) is 5.91. The second kappa shape index (κ2) is 15.4. The van der Waals surface area contributed by atoms with E-state index in [1.807, 2.05) is 0 Å². The molecule has 3 aliphatic rings. The molecule has 47 heavy (non-hydrogen) atoms. The minimum Gasteiger partial charge on any atom is -1.00 e. The van der Waals surface area contributed by atoms with Crippen LogP contribution in [-0.2, 0) is 41.2 Å². The molecule has 0 radical (unpaired) electrons. The molecule has 3 aliphatic carbocycles. The normalized spacial score (nSPS) is 17.9. The molecule has 0 saturated heterocycles. The minimum absolute atomic E-state index is 0. The van der Waals surface area contributed by atoms with Crippen molar-refractivity contribution in [2.24, 2.45) is 5.92 Å². The summed E-state index contributed by atoms with van der Waals surface area (Å²) in [6.07, 6.45) is 6.11. The predicted molar refractivity (Wildman–Crippen MR) is 183 cm³/mol. The monoisotopic (exact) mass is 751 g/mol. The molecule has 0 N–H and O–H groups in total. The zero-order valence-corrected chi connectivity index (χ0v) is 32.6. The topological polar surface area (TPSA) is 0 Å². The molecule has 0 fully saturated rings. The van der Waals surface area contributed by atoms with E-state index in [-0.39, 0.29) is 35.6 Å². The van der Waals surface area contributed by atoms with Crippen LogP contribution in [0.2, 0.25) is 0 Å². The summed E-state index contributed by atoms with van der Waals surface area (Å²) in [5.41, 5.74) is 11.0. The third-order valence-electron chi connectivity index (χ3n) is 8.95. The van der Waals surface area contributed by atoms with Gasteiger partial charge in [0.05, 0.1) is 0 Å². The maximum Gasteiger partial charge on any atom is -1.00 e. The van der Waals surface area contributed by atoms with Crippen molar-refractivity contribution >= 4 is 36.9 Å². The van der Waals surface area contributed by atoms with E-state index >= 15 is 0 Å². The summed E-state index contributed by atoms with van der Waals surface area (Å²) in [6.45, 7) is 20.2. The molecule has 0 amide bonds. The first-order chi connectivity index (χ1) is 21.0. The van der Waals surface area contributed by atoms with Crippen LogP contribution in [-0.4, -0.2) is 4.21 Å². The van der Waals surface area contributed by atoms with E-state index in [1.165, 1.54) is 102 Å². The number of hydrogen-bond acceptors (Lipinski definition) is 0. The summed E-state index contributed by atoms with van der Waals surface area (Å²) in [5, 5.41) is 5.57. The molecule has 248 valence electrons. The largest absolute Gasteiger partial charge is 1.00 e. The van der Waals surface area contributed by atoms with Crippen LogP contribution in [0.25, 0.3) is 32.7 Å². The number of allylic oxidation sites excluding steroid dienone is 8. The fourth-order valence-electron chi connectivity index (χ4n) is 6.79. The van der Waals surface area contributed by atoms with Crippen molar-refractivity contribution in [1.82, 2.24) is 0 Å². The van der Waals surface area contributed by atoms with E-state index in [4.69, 9.17) is 0 Å². The number of alkyl halides is 3. The van der Waals surface area contributed by atoms with Gasteiger partial charge in [-0.3, -0.25) is 6.08 Å². The maximum atomic E-state index is 11.8. The summed E-state index contributed by atoms with van der Waals surface area (Å²) >= 11 is 1.30. The summed E-state index contributed by atoms with van der Waals surface area (Å²) in [4.78, 5) is 0. The van der Waals surface area contributed by atoms with Gasteiger partial charge in [0.1, 0.15) is 0 Å². The third-order valence-corrected chi connectivity index (χ3v) is 8.95. The fraction of sp³-hybridized carbons (Fsp3) is 0.317. The van der Waals surface area contributed by atoms with Gasteiger partial charge in [-0.15, -0.1) is 46.7 Å². The Morgan fingerprint density at radius 1 is 0.745 bits per heavy atom. The van der Waals surface area contributed by atoms with Gasteiger partial charge >= 0.3 is 34.6 Å². The van der Waals surface area contributed by atoms with Gasteiger partial charge in [-0.05, 0) is 36.1 Å². The van der Waals surface area contributed by atoms with Crippen molar-refractivity contribution in [3.63, 3.8) is 0 Å². The first-order valence-electron chi connectivity index (χ1n) is 15.3. The summed E-state index contributed by atoms with van der Waals surface area (Å²) < 4.78 is 38.7. The van der Waals surface area contributed by atoms with Crippen LogP contribution in [0.15, 0.2) is 84.0 Å². The summed E-state index contributed by atoms with van der Waals surface area (Å²) in [6, 6.07) is 19.1. The van der Waals surface area contributed by atoms with Gasteiger partial charge in [0, 0.05) is 10.8 Å². The molecular weight excluding hydrogens is 712 g/mol. The molecule has 1 unspecified atom stereocenters. The molecule has 0 bridgehead atoms. The standard InChI is InChI=1S/C25H25.C8H11.C7H4F3.CH2.2ClH.Zr/c1-14-12-24(3,4)22-8-16-7-17-9-23-19(15(2)13-25(23,5)6)11-21(17)20(16)10-18(14)22;1-6-4-7(2)8(3)5-6;8-7(9,10)6-4-2-1-3-5-6;;;;/h7-13H,1-6H3;4,6H,1-3H3;2-5H;1H2;2*1H;/q3*-1;;;;+2/p-2. The first kappa shape index (κ1) is 40.8. The van der Waals surface area contributed by atoms with Gasteiger partial charge in [-0.1, -0.05) is 88.4 Å². The van der Waals surface area contributed by atoms with Crippen molar-refractivity contribution in [1.29, 1.82) is 0 Å². The van der Waals surface area contributed by atoms with Crippen molar-refractivity contribution in [2.45, 2.75) is 79.3 Å². The molecule has 0 heterocycles. The SMILES string of the molecule is CC1=CC(C)(C)c2cc3[cH-]c4cc5c(cc4c3cc21)C(C)=CC5(C)C.CC1=[C-]C(C)C=C1C.FC(F)(F)c1cc[c-]cc1.[CH2]=[Zr+2].[Cl-].[Cl-]. The van der Waals surface area contributed by atoms with Crippen molar-refractivity contribution in [3.8, 4) is 0 Å². The molecule has 0 nitrogen and oxygen atoms in total. The Morgan fingerprint density at radius 2 is 1.17 bits per heavy atom. The molecule has 4 aromatic carbocycles. The van der Waals surface area contributed by atoms with E-state index < -0.39 is 11.7 Å². The summed E-state index contributed by atoms with van der Waals surface area (Å²) in [5.74, 6) is 0.551. The molecule has 0 spiro atoms. The Balaban J connectivity index is 0.000000291. The summed E-state index contributed by atoms with van der Waals surface area (Å²) in [7, 11) is 0. The van der Waals surface area contributed by atoms with Crippen LogP contribution < -0.4 is 24.8 Å². The molecule has 0 aliphatic heterocycles. The average molecular weight is 754 g/mol. The Hall–Kier alpha value is -2.39. The van der Waals surface area contributed by atoms with Gasteiger partial charge in [0.25, 0.3) is 0 Å². The van der Waals surface area contributed by atoms with E-state index in [9.17, 15) is 13.2 Å². The second-order valence-corrected chi connectivity index (χ2v) is 13.4. The van der Waals surface area contributed by atoms with Gasteiger partial charge in [-0.2, -0.15) is 49.6 Å². The number of hydrogen-bond donors (Lipinski definition) is 0. The molecule has 7 rings (SSSR count). The smallest absolute Gasteiger partial charge is 1.00 e. The molecule has 0 aromatic heterocycles. The van der Waals surface area contributed by atoms with Crippen LogP contribution in [0.4, 0.5) is 13.2 Å². The number of fused-ring (bicyclic) bond motifs is 5. The van der Waals surface area contributed by atoms with Crippen LogP contribution in [0.1, 0.15) is 90.1 Å². The van der Waals surface area contributed by atoms with E-state index in [1.54, 1.807) is 0 Å². The zero-order chi connectivity index (χ0) is 33.5. The zero-order valence-electron chi connectivity index (χ0n) is 28.6. The van der Waals surface area contributed by atoms with E-state index in [2.05, 4.69) is 127 Å². The van der Waals surface area contributed by atoms with Crippen molar-refractivity contribution in [2.75, 3.05) is 0 Å². The van der Waals surface area contributed by atoms with E-state index in [0.29, 0.717) is 5.92 Å². The van der Waals surface area contributed by atoms with Gasteiger partial charge in [0.2, 0.25) is 0 Å². The fourth-order valence-corrected chi connectivity index (χ4v) is 6.79. The van der Waals surface area contributed by atoms with Crippen LogP contribution in [0, 0.1) is 18.1 Å². The maximum absolute atomic E-state index is 11.8. The molecule has 6 heteroatoms. The molecular formula is C41H42Cl2F3Zr-3. The Labute approximate surface area is 306 Å². The molecule has 0 saturated carbocycles. The van der Waals surface area contributed by atoms with E-state index in [0.717, 1.165) is 12.1 Å². The first-order valence-corrected chi connectivity index (χ1v) is 17.0.